The molecule has 194 valence electrons. The zero-order chi connectivity index (χ0) is 25.1. The van der Waals surface area contributed by atoms with Crippen LogP contribution in [0.25, 0.3) is 11.3 Å². The fourth-order valence-electron chi connectivity index (χ4n) is 4.64. The van der Waals surface area contributed by atoms with Gasteiger partial charge in [0, 0.05) is 22.8 Å². The van der Waals surface area contributed by atoms with Crippen molar-refractivity contribution >= 4 is 14.8 Å². The summed E-state index contributed by atoms with van der Waals surface area (Å²) >= 11 is 0. The summed E-state index contributed by atoms with van der Waals surface area (Å²) in [6.45, 7) is 9.39. The smallest absolute Gasteiger partial charge is 0.110 e. The summed E-state index contributed by atoms with van der Waals surface area (Å²) in [7, 11) is 0.755. The molecule has 0 fully saturated rings. The van der Waals surface area contributed by atoms with E-state index in [1.807, 2.05) is 6.20 Å². The second kappa shape index (κ2) is 18.7. The fourth-order valence-corrected chi connectivity index (χ4v) is 5.73. The highest BCUT2D eigenvalue weighted by atomic mass is 28.2. The minimum atomic E-state index is 0.755. The van der Waals surface area contributed by atoms with Gasteiger partial charge in [-0.2, -0.15) is 10.2 Å². The fraction of sp³-hybridized carbons (Fsp3) is 0.710. The van der Waals surface area contributed by atoms with Gasteiger partial charge in [-0.05, 0) is 48.9 Å². The predicted molar refractivity (Wildman–Crippen MR) is 153 cm³/mol. The number of aryl methyl sites for hydroxylation is 1. The van der Waals surface area contributed by atoms with Crippen molar-refractivity contribution in [2.75, 3.05) is 0 Å². The highest BCUT2D eigenvalue weighted by Gasteiger charge is 2.08. The van der Waals surface area contributed by atoms with Crippen molar-refractivity contribution in [3.8, 4) is 11.3 Å². The molecule has 3 nitrogen and oxygen atoms in total. The molecule has 0 aliphatic rings. The zero-order valence-electron chi connectivity index (χ0n) is 23.2. The van der Waals surface area contributed by atoms with E-state index < -0.39 is 0 Å². The van der Waals surface area contributed by atoms with Crippen LogP contribution in [0.5, 0.6) is 0 Å². The number of nitrogens with zero attached hydrogens (tertiary/aromatic N) is 3. The van der Waals surface area contributed by atoms with Crippen LogP contribution in [-0.4, -0.2) is 24.7 Å². The molecule has 0 spiro atoms. The average Bonchev–Trinajstić information content (AvgIpc) is 2.88. The Bertz CT molecular complexity index is 760. The van der Waals surface area contributed by atoms with Crippen LogP contribution in [-0.2, 0) is 6.42 Å². The summed E-state index contributed by atoms with van der Waals surface area (Å²) < 4.78 is 0. The molecule has 0 bridgehead atoms. The SMILES string of the molecule is CCCCCCCc1ccc(-c2ccc([Si]CC(C)CCCCCC(C)CCCCC)nn2)cn1. The molecule has 4 heteroatoms. The molecule has 2 aromatic rings. The molecule has 0 saturated heterocycles. The van der Waals surface area contributed by atoms with E-state index in [9.17, 15) is 0 Å². The van der Waals surface area contributed by atoms with Gasteiger partial charge >= 0.3 is 0 Å². The Kier molecular flexibility index (Phi) is 15.8. The maximum Gasteiger partial charge on any atom is 0.110 e. The number of pyridine rings is 1. The zero-order valence-corrected chi connectivity index (χ0v) is 24.2. The van der Waals surface area contributed by atoms with Crippen LogP contribution in [0.1, 0.15) is 123 Å². The average molecular weight is 494 g/mol. The van der Waals surface area contributed by atoms with Gasteiger partial charge in [-0.25, -0.2) is 0 Å². The lowest BCUT2D eigenvalue weighted by atomic mass is 9.96. The van der Waals surface area contributed by atoms with Crippen molar-refractivity contribution in [1.82, 2.24) is 15.2 Å². The Morgan fingerprint density at radius 1 is 0.686 bits per heavy atom. The largest absolute Gasteiger partial charge is 0.261 e. The molecule has 35 heavy (non-hydrogen) atoms. The van der Waals surface area contributed by atoms with Crippen LogP contribution < -0.4 is 5.32 Å². The molecule has 0 N–H and O–H groups in total. The van der Waals surface area contributed by atoms with E-state index in [2.05, 4.69) is 67.1 Å². The van der Waals surface area contributed by atoms with Crippen LogP contribution in [0.2, 0.25) is 6.04 Å². The first-order valence-corrected chi connectivity index (χ1v) is 15.9. The summed E-state index contributed by atoms with van der Waals surface area (Å²) in [5, 5.41) is 10.2. The Morgan fingerprint density at radius 3 is 2.00 bits per heavy atom. The molecule has 0 aromatic carbocycles. The van der Waals surface area contributed by atoms with Crippen molar-refractivity contribution in [3.05, 3.63) is 36.2 Å². The van der Waals surface area contributed by atoms with Gasteiger partial charge in [-0.3, -0.25) is 4.98 Å². The van der Waals surface area contributed by atoms with Gasteiger partial charge in [0.05, 0.1) is 5.69 Å². The first kappa shape index (κ1) is 29.7. The lowest BCUT2D eigenvalue weighted by molar-refractivity contribution is 0.430. The second-order valence-corrected chi connectivity index (χ2v) is 12.0. The first-order valence-electron chi connectivity index (χ1n) is 14.6. The molecule has 2 rings (SSSR count). The normalized spacial score (nSPS) is 13.1. The number of rotatable bonds is 20. The third-order valence-electron chi connectivity index (χ3n) is 7.15. The molecule has 2 heterocycles. The quantitative estimate of drug-likeness (QED) is 0.137. The van der Waals surface area contributed by atoms with Crippen LogP contribution in [0.15, 0.2) is 30.5 Å². The van der Waals surface area contributed by atoms with Crippen LogP contribution in [0.4, 0.5) is 0 Å². The molecule has 0 aliphatic carbocycles. The molecular formula is C31H51N3Si. The van der Waals surface area contributed by atoms with Crippen molar-refractivity contribution in [2.45, 2.75) is 130 Å². The standard InChI is InChI=1S/C31H51N3Si/c1-5-7-9-10-15-19-29-21-20-28(24-32-29)30-22-23-31(34-33-30)35-25-27(4)18-14-11-13-17-26(3)16-12-8-6-2/h20-24,26-27H,5-19,25H2,1-4H3. The number of hydrogen-bond acceptors (Lipinski definition) is 3. The molecule has 2 unspecified atom stereocenters. The van der Waals surface area contributed by atoms with Crippen LogP contribution >= 0.6 is 0 Å². The highest BCUT2D eigenvalue weighted by molar-refractivity contribution is 6.52. The van der Waals surface area contributed by atoms with Gasteiger partial charge in [0.25, 0.3) is 0 Å². The van der Waals surface area contributed by atoms with Gasteiger partial charge in [0.1, 0.15) is 9.52 Å². The van der Waals surface area contributed by atoms with E-state index in [1.54, 1.807) is 0 Å². The van der Waals surface area contributed by atoms with E-state index >= 15 is 0 Å². The molecule has 0 amide bonds. The summed E-state index contributed by atoms with van der Waals surface area (Å²) in [4.78, 5) is 4.66. The molecule has 0 aliphatic heterocycles. The summed E-state index contributed by atoms with van der Waals surface area (Å²) in [6, 6.07) is 9.81. The Balaban J connectivity index is 1.61. The third kappa shape index (κ3) is 13.4. The Labute approximate surface area is 219 Å². The van der Waals surface area contributed by atoms with Crippen LogP contribution in [0, 0.1) is 11.8 Å². The lowest BCUT2D eigenvalue weighted by Gasteiger charge is -2.12. The number of unbranched alkanes of at least 4 members (excludes halogenated alkanes) is 8. The van der Waals surface area contributed by atoms with Crippen LogP contribution in [0.3, 0.4) is 0 Å². The summed E-state index contributed by atoms with van der Waals surface area (Å²) in [5.41, 5.74) is 3.18. The Hall–Kier alpha value is -1.55. The maximum atomic E-state index is 4.66. The highest BCUT2D eigenvalue weighted by Crippen LogP contribution is 2.19. The molecule has 0 saturated carbocycles. The summed E-state index contributed by atoms with van der Waals surface area (Å²) in [6.07, 6.45) is 22.1. The monoisotopic (exact) mass is 493 g/mol. The second-order valence-electron chi connectivity index (χ2n) is 10.7. The predicted octanol–water partition coefficient (Wildman–Crippen LogP) is 8.60. The van der Waals surface area contributed by atoms with E-state index in [4.69, 9.17) is 0 Å². The van der Waals surface area contributed by atoms with Crippen molar-refractivity contribution < 1.29 is 0 Å². The van der Waals surface area contributed by atoms with E-state index in [-0.39, 0.29) is 0 Å². The lowest BCUT2D eigenvalue weighted by Crippen LogP contribution is -2.21. The van der Waals surface area contributed by atoms with Crippen molar-refractivity contribution in [1.29, 1.82) is 0 Å². The van der Waals surface area contributed by atoms with Gasteiger partial charge in [0.15, 0.2) is 0 Å². The van der Waals surface area contributed by atoms with Gasteiger partial charge in [-0.1, -0.05) is 117 Å². The molecule has 2 aromatic heterocycles. The van der Waals surface area contributed by atoms with E-state index in [1.165, 1.54) is 102 Å². The third-order valence-corrected chi connectivity index (χ3v) is 8.68. The summed E-state index contributed by atoms with van der Waals surface area (Å²) in [5.74, 6) is 1.69. The Morgan fingerprint density at radius 2 is 1.34 bits per heavy atom. The number of aromatic nitrogens is 3. The van der Waals surface area contributed by atoms with Crippen molar-refractivity contribution in [2.24, 2.45) is 11.8 Å². The maximum absolute atomic E-state index is 4.66. The van der Waals surface area contributed by atoms with Gasteiger partial charge in [-0.15, -0.1) is 0 Å². The minimum absolute atomic E-state index is 0.755. The molecule has 2 radical (unpaired) electrons. The molecule has 2 atom stereocenters. The van der Waals surface area contributed by atoms with E-state index in [0.717, 1.165) is 44.4 Å². The number of hydrogen-bond donors (Lipinski definition) is 0. The van der Waals surface area contributed by atoms with Gasteiger partial charge in [0.2, 0.25) is 0 Å². The first-order chi connectivity index (χ1) is 17.1. The molecular weight excluding hydrogens is 442 g/mol. The van der Waals surface area contributed by atoms with E-state index in [0.29, 0.717) is 0 Å². The topological polar surface area (TPSA) is 38.7 Å². The van der Waals surface area contributed by atoms with Crippen molar-refractivity contribution in [3.63, 3.8) is 0 Å². The minimum Gasteiger partial charge on any atom is -0.261 e. The van der Waals surface area contributed by atoms with Gasteiger partial charge < -0.3 is 0 Å².